The maximum atomic E-state index is 8.53. The maximum Gasteiger partial charge on any atom is 0.467 e. The number of nitrogens with zero attached hydrogens (tertiary/aromatic N) is 2. The van der Waals surface area contributed by atoms with Gasteiger partial charge in [-0.25, -0.2) is 0 Å². The molecule has 40 valence electrons. The Labute approximate surface area is 45.0 Å². The molecule has 0 atom stereocenters. The molecule has 1 N–H and O–H groups in total. The first kappa shape index (κ1) is 4.65. The van der Waals surface area contributed by atoms with Crippen LogP contribution in [0.1, 0.15) is 0 Å². The van der Waals surface area contributed by atoms with Crippen molar-refractivity contribution in [2.24, 2.45) is 0 Å². The van der Waals surface area contributed by atoms with Crippen molar-refractivity contribution in [2.75, 3.05) is 0 Å². The minimum atomic E-state index is -0.368. The second kappa shape index (κ2) is 1.54. The molecule has 1 rings (SSSR count). The van der Waals surface area contributed by atoms with Gasteiger partial charge in [0.2, 0.25) is 5.39 Å². The standard InChI is InChI=1S/C4H2N2O2/c5-6-3-1-2-8-4(3)7/h1-2H/p+1. The summed E-state index contributed by atoms with van der Waals surface area (Å²) in [5.41, 5.74) is 0.0463. The van der Waals surface area contributed by atoms with Gasteiger partial charge in [0.1, 0.15) is 6.26 Å². The lowest BCUT2D eigenvalue weighted by molar-refractivity contribution is 0.335. The van der Waals surface area contributed by atoms with Crippen molar-refractivity contribution in [3.05, 3.63) is 17.3 Å². The number of hydrogen-bond acceptors (Lipinski definition) is 3. The fourth-order valence-corrected chi connectivity index (χ4v) is 0.371. The van der Waals surface area contributed by atoms with E-state index >= 15 is 0 Å². The molecule has 4 heteroatoms. The van der Waals surface area contributed by atoms with Crippen LogP contribution in [-0.4, -0.2) is 5.11 Å². The second-order valence-corrected chi connectivity index (χ2v) is 1.21. The van der Waals surface area contributed by atoms with Gasteiger partial charge in [-0.05, 0) is 0 Å². The van der Waals surface area contributed by atoms with Crippen molar-refractivity contribution in [1.29, 1.82) is 5.39 Å². The average Bonchev–Trinajstić information content (AvgIpc) is 2.14. The summed E-state index contributed by atoms with van der Waals surface area (Å²) in [7, 11) is 0. The van der Waals surface area contributed by atoms with E-state index in [0.29, 0.717) is 0 Å². The third-order valence-corrected chi connectivity index (χ3v) is 0.732. The molecule has 0 aromatic carbocycles. The first-order chi connectivity index (χ1) is 3.84. The van der Waals surface area contributed by atoms with Crippen LogP contribution in [0, 0.1) is 5.39 Å². The van der Waals surface area contributed by atoms with Gasteiger partial charge in [-0.2, -0.15) is 0 Å². The van der Waals surface area contributed by atoms with Crippen LogP contribution in [0.5, 0.6) is 5.95 Å². The summed E-state index contributed by atoms with van der Waals surface area (Å²) >= 11 is 0. The Kier molecular flexibility index (Phi) is 0.897. The normalized spacial score (nSPS) is 8.38. The predicted molar refractivity (Wildman–Crippen MR) is 25.1 cm³/mol. The fraction of sp³-hybridized carbons (Fsp3) is 0. The van der Waals surface area contributed by atoms with E-state index in [9.17, 15) is 0 Å². The van der Waals surface area contributed by atoms with Gasteiger partial charge in [-0.15, -0.1) is 0 Å². The van der Waals surface area contributed by atoms with Crippen molar-refractivity contribution in [1.82, 2.24) is 0 Å². The lowest BCUT2D eigenvalue weighted by Gasteiger charge is -1.67. The fourth-order valence-electron chi connectivity index (χ4n) is 0.371. The minimum absolute atomic E-state index is 0.0463. The molecule has 0 amide bonds. The quantitative estimate of drug-likeness (QED) is 0.515. The minimum Gasteiger partial charge on any atom is -0.475 e. The van der Waals surface area contributed by atoms with Crippen LogP contribution >= 0.6 is 0 Å². The second-order valence-electron chi connectivity index (χ2n) is 1.21. The number of hydrogen-bond donors (Lipinski definition) is 1. The molecule has 0 radical (unpaired) electrons. The summed E-state index contributed by atoms with van der Waals surface area (Å²) in [5.74, 6) is -0.368. The average molecular weight is 111 g/mol. The Morgan fingerprint density at radius 2 is 2.50 bits per heavy atom. The highest BCUT2D eigenvalue weighted by Gasteiger charge is 2.14. The van der Waals surface area contributed by atoms with Crippen molar-refractivity contribution >= 4 is 5.69 Å². The highest BCUT2D eigenvalue weighted by molar-refractivity contribution is 5.49. The smallest absolute Gasteiger partial charge is 0.467 e. The van der Waals surface area contributed by atoms with Crippen LogP contribution in [0.2, 0.25) is 0 Å². The number of furan rings is 1. The number of diazo groups is 1. The van der Waals surface area contributed by atoms with Crippen molar-refractivity contribution < 1.29 is 9.52 Å². The summed E-state index contributed by atoms with van der Waals surface area (Å²) in [6.07, 6.45) is 1.23. The molecule has 0 saturated carbocycles. The molecule has 1 heterocycles. The molecule has 1 aromatic rings. The Morgan fingerprint density at radius 1 is 1.75 bits per heavy atom. The van der Waals surface area contributed by atoms with Gasteiger partial charge in [0.05, 0.1) is 6.07 Å². The molecule has 0 aliphatic carbocycles. The first-order valence-corrected chi connectivity index (χ1v) is 1.96. The largest absolute Gasteiger partial charge is 0.475 e. The van der Waals surface area contributed by atoms with Crippen LogP contribution in [0.15, 0.2) is 16.7 Å². The Bertz CT molecular complexity index is 222. The predicted octanol–water partition coefficient (Wildman–Crippen LogP) is 1.47. The molecule has 4 nitrogen and oxygen atoms in total. The molecule has 0 aliphatic heterocycles. The van der Waals surface area contributed by atoms with Crippen LogP contribution in [-0.2, 0) is 0 Å². The van der Waals surface area contributed by atoms with Crippen molar-refractivity contribution in [2.45, 2.75) is 0 Å². The zero-order valence-corrected chi connectivity index (χ0v) is 3.90. The highest BCUT2D eigenvalue weighted by Crippen LogP contribution is 2.25. The third kappa shape index (κ3) is 0.500. The van der Waals surface area contributed by atoms with Crippen LogP contribution in [0.25, 0.3) is 4.98 Å². The molecule has 0 aliphatic rings. The van der Waals surface area contributed by atoms with Crippen LogP contribution < -0.4 is 0 Å². The third-order valence-electron chi connectivity index (χ3n) is 0.732. The SMILES string of the molecule is N#[N+]c1ccoc1O. The summed E-state index contributed by atoms with van der Waals surface area (Å²) in [4.78, 5) is 2.69. The molecular formula is C4H3N2O2+. The molecule has 0 unspecified atom stereocenters. The molecule has 0 spiro atoms. The number of rotatable bonds is 0. The van der Waals surface area contributed by atoms with Gasteiger partial charge >= 0.3 is 11.6 Å². The Morgan fingerprint density at radius 3 is 2.75 bits per heavy atom. The number of aromatic hydroxyl groups is 1. The lowest BCUT2D eigenvalue weighted by Crippen LogP contribution is -1.47. The highest BCUT2D eigenvalue weighted by atomic mass is 16.5. The van der Waals surface area contributed by atoms with E-state index < -0.39 is 0 Å². The zero-order chi connectivity index (χ0) is 5.98. The van der Waals surface area contributed by atoms with E-state index in [1.807, 2.05) is 0 Å². The Balaban J connectivity index is 3.15. The molecule has 0 bridgehead atoms. The molecule has 0 saturated heterocycles. The summed E-state index contributed by atoms with van der Waals surface area (Å²) < 4.78 is 4.36. The van der Waals surface area contributed by atoms with Crippen LogP contribution in [0.4, 0.5) is 5.69 Å². The molecule has 0 fully saturated rings. The maximum absolute atomic E-state index is 8.53. The molecule has 8 heavy (non-hydrogen) atoms. The van der Waals surface area contributed by atoms with Gasteiger partial charge in [0.25, 0.3) is 0 Å². The van der Waals surface area contributed by atoms with E-state index in [2.05, 4.69) is 9.39 Å². The van der Waals surface area contributed by atoms with E-state index in [4.69, 9.17) is 10.5 Å². The Hall–Kier alpha value is -1.50. The van der Waals surface area contributed by atoms with Crippen molar-refractivity contribution in [3.63, 3.8) is 0 Å². The molecule has 1 aromatic heterocycles. The van der Waals surface area contributed by atoms with E-state index in [1.165, 1.54) is 12.3 Å². The van der Waals surface area contributed by atoms with Gasteiger partial charge < -0.3 is 9.52 Å². The van der Waals surface area contributed by atoms with Crippen LogP contribution in [0.3, 0.4) is 0 Å². The lowest BCUT2D eigenvalue weighted by atomic mass is 10.5. The molecular weight excluding hydrogens is 108 g/mol. The monoisotopic (exact) mass is 111 g/mol. The summed E-state index contributed by atoms with van der Waals surface area (Å²) in [6, 6.07) is 1.34. The summed E-state index contributed by atoms with van der Waals surface area (Å²) in [6.45, 7) is 0. The van der Waals surface area contributed by atoms with Gasteiger partial charge in [0.15, 0.2) is 4.98 Å². The zero-order valence-electron chi connectivity index (χ0n) is 3.90. The van der Waals surface area contributed by atoms with Gasteiger partial charge in [-0.3, -0.25) is 0 Å². The van der Waals surface area contributed by atoms with E-state index in [1.54, 1.807) is 0 Å². The summed E-state index contributed by atoms with van der Waals surface area (Å²) in [5, 5.41) is 16.5. The first-order valence-electron chi connectivity index (χ1n) is 1.96. The van der Waals surface area contributed by atoms with E-state index in [0.717, 1.165) is 0 Å². The topological polar surface area (TPSA) is 61.5 Å². The van der Waals surface area contributed by atoms with E-state index in [-0.39, 0.29) is 11.6 Å². The van der Waals surface area contributed by atoms with Crippen molar-refractivity contribution in [3.8, 4) is 5.95 Å². The van der Waals surface area contributed by atoms with Gasteiger partial charge in [-0.1, -0.05) is 0 Å². The van der Waals surface area contributed by atoms with Gasteiger partial charge in [0, 0.05) is 0 Å².